The molecule has 1 saturated heterocycles. The van der Waals surface area contributed by atoms with Crippen LogP contribution in [-0.4, -0.2) is 77.7 Å². The number of esters is 1. The molecule has 3 aromatic rings. The number of pyridine rings is 1. The first-order valence-corrected chi connectivity index (χ1v) is 14.5. The number of rotatable bonds is 10. The third-order valence-corrected chi connectivity index (χ3v) is 8.23. The summed E-state index contributed by atoms with van der Waals surface area (Å²) < 4.78 is 21.1. The molecule has 0 bridgehead atoms. The molecule has 2 aromatic heterocycles. The Kier molecular flexibility index (Phi) is 9.03. The van der Waals surface area contributed by atoms with E-state index in [4.69, 9.17) is 19.2 Å². The van der Waals surface area contributed by atoms with Crippen molar-refractivity contribution >= 4 is 17.0 Å². The summed E-state index contributed by atoms with van der Waals surface area (Å²) in [6.07, 6.45) is 7.52. The molecule has 2 aliphatic rings. The van der Waals surface area contributed by atoms with Crippen molar-refractivity contribution in [1.29, 1.82) is 0 Å². The minimum atomic E-state index is -0.288. The first kappa shape index (κ1) is 28.5. The van der Waals surface area contributed by atoms with Gasteiger partial charge in [0.25, 0.3) is 5.56 Å². The maximum atomic E-state index is 12.9. The van der Waals surface area contributed by atoms with Crippen LogP contribution in [0.2, 0.25) is 0 Å². The number of carbonyl (C=O) groups is 1. The molecule has 0 spiro atoms. The second kappa shape index (κ2) is 12.7. The fourth-order valence-electron chi connectivity index (χ4n) is 5.99. The van der Waals surface area contributed by atoms with Gasteiger partial charge in [-0.2, -0.15) is 0 Å². The molecule has 1 unspecified atom stereocenters. The highest BCUT2D eigenvalue weighted by molar-refractivity contribution is 5.81. The van der Waals surface area contributed by atoms with Crippen LogP contribution in [-0.2, 0) is 39.0 Å². The average molecular weight is 551 g/mol. The van der Waals surface area contributed by atoms with Gasteiger partial charge in [0.05, 0.1) is 42.8 Å². The number of morpholine rings is 1. The molecule has 3 heterocycles. The lowest BCUT2D eigenvalue weighted by atomic mass is 9.99. The van der Waals surface area contributed by atoms with E-state index in [9.17, 15) is 9.59 Å². The summed E-state index contributed by atoms with van der Waals surface area (Å²) in [7, 11) is 5.52. The average Bonchev–Trinajstić information content (AvgIpc) is 3.57. The predicted molar refractivity (Wildman–Crippen MR) is 154 cm³/mol. The van der Waals surface area contributed by atoms with Crippen LogP contribution in [0.1, 0.15) is 43.2 Å². The fraction of sp³-hybridized carbons (Fsp3) is 0.581. The maximum absolute atomic E-state index is 12.9. The van der Waals surface area contributed by atoms with Crippen LogP contribution < -0.4 is 5.56 Å². The van der Waals surface area contributed by atoms with E-state index in [0.29, 0.717) is 31.7 Å². The summed E-state index contributed by atoms with van der Waals surface area (Å²) >= 11 is 0. The Morgan fingerprint density at radius 3 is 2.73 bits per heavy atom. The molecule has 1 saturated carbocycles. The van der Waals surface area contributed by atoms with Crippen LogP contribution in [0.15, 0.2) is 35.3 Å². The molecule has 0 amide bonds. The molecule has 1 aromatic carbocycles. The number of hydrogen-bond donors (Lipinski definition) is 0. The van der Waals surface area contributed by atoms with E-state index < -0.39 is 0 Å². The van der Waals surface area contributed by atoms with Gasteiger partial charge < -0.3 is 28.2 Å². The minimum Gasteiger partial charge on any atom is -0.462 e. The Labute approximate surface area is 236 Å². The second-order valence-electron chi connectivity index (χ2n) is 11.5. The molecule has 1 aliphatic heterocycles. The van der Waals surface area contributed by atoms with Gasteiger partial charge in [-0.05, 0) is 76.3 Å². The van der Waals surface area contributed by atoms with Gasteiger partial charge in [-0.3, -0.25) is 9.59 Å². The zero-order chi connectivity index (χ0) is 28.2. The zero-order valence-corrected chi connectivity index (χ0v) is 24.2. The number of ether oxygens (including phenoxy) is 3. The summed E-state index contributed by atoms with van der Waals surface area (Å²) in [5.41, 5.74) is 4.60. The molecular weight excluding hydrogens is 508 g/mol. The van der Waals surface area contributed by atoms with Gasteiger partial charge in [-0.1, -0.05) is 6.07 Å². The van der Waals surface area contributed by atoms with E-state index in [1.807, 2.05) is 19.2 Å². The van der Waals surface area contributed by atoms with Crippen molar-refractivity contribution in [2.24, 2.45) is 13.0 Å². The van der Waals surface area contributed by atoms with E-state index in [1.54, 1.807) is 18.7 Å². The highest BCUT2D eigenvalue weighted by Crippen LogP contribution is 2.28. The van der Waals surface area contributed by atoms with Gasteiger partial charge in [0.2, 0.25) is 0 Å². The highest BCUT2D eigenvalue weighted by Gasteiger charge is 2.26. The zero-order valence-electron chi connectivity index (χ0n) is 24.2. The van der Waals surface area contributed by atoms with E-state index >= 15 is 0 Å². The lowest BCUT2D eigenvalue weighted by Crippen LogP contribution is -2.42. The van der Waals surface area contributed by atoms with Gasteiger partial charge in [0, 0.05) is 44.6 Å². The number of nitrogens with zero attached hydrogens (tertiary/aromatic N) is 4. The number of hydrogen-bond acceptors (Lipinski definition) is 7. The first-order chi connectivity index (χ1) is 19.3. The largest absolute Gasteiger partial charge is 0.462 e. The van der Waals surface area contributed by atoms with Gasteiger partial charge in [-0.15, -0.1) is 0 Å². The molecule has 216 valence electrons. The van der Waals surface area contributed by atoms with Gasteiger partial charge in [0.15, 0.2) is 0 Å². The lowest BCUT2D eigenvalue weighted by molar-refractivity contribution is -0.155. The van der Waals surface area contributed by atoms with E-state index in [2.05, 4.69) is 34.7 Å². The molecule has 2 atom stereocenters. The fourth-order valence-corrected chi connectivity index (χ4v) is 5.99. The van der Waals surface area contributed by atoms with Crippen molar-refractivity contribution in [1.82, 2.24) is 19.0 Å². The van der Waals surface area contributed by atoms with Crippen LogP contribution in [0.25, 0.3) is 22.4 Å². The van der Waals surface area contributed by atoms with Crippen LogP contribution in [0, 0.1) is 12.8 Å². The maximum Gasteiger partial charge on any atom is 0.311 e. The molecular formula is C31H42N4O5. The number of fused-ring (bicyclic) bond motifs is 1. The van der Waals surface area contributed by atoms with Crippen molar-refractivity contribution in [2.75, 3.05) is 40.5 Å². The van der Waals surface area contributed by atoms with E-state index in [0.717, 1.165) is 73.2 Å². The van der Waals surface area contributed by atoms with Gasteiger partial charge >= 0.3 is 5.97 Å². The van der Waals surface area contributed by atoms with Gasteiger partial charge in [-0.25, -0.2) is 4.98 Å². The smallest absolute Gasteiger partial charge is 0.311 e. The highest BCUT2D eigenvalue weighted by atomic mass is 16.5. The molecule has 0 radical (unpaired) electrons. The van der Waals surface area contributed by atoms with Crippen molar-refractivity contribution < 1.29 is 19.0 Å². The summed E-state index contributed by atoms with van der Waals surface area (Å²) in [6, 6.07) is 8.27. The monoisotopic (exact) mass is 550 g/mol. The number of benzene rings is 1. The normalized spacial score (nSPS) is 19.4. The Morgan fingerprint density at radius 1 is 1.20 bits per heavy atom. The molecule has 40 heavy (non-hydrogen) atoms. The minimum absolute atomic E-state index is 0.0111. The third kappa shape index (κ3) is 6.48. The predicted octanol–water partition coefficient (Wildman–Crippen LogP) is 3.72. The standard InChI is InChI=1S/C31H42N4O5/c1-21-15-24(17-34(3)30(21)36)29-32-27-16-22(9-11-23(20-38-4)31(37)40-25-7-5-6-8-25)10-12-28(27)35(29)19-26-18-33(2)13-14-39-26/h10,12,15-17,23,25-26H,5-9,11,13-14,18-20H2,1-4H3/t23-,26?/m0/s1. The number of methoxy groups -OCH3 is 1. The van der Waals surface area contributed by atoms with Crippen LogP contribution >= 0.6 is 0 Å². The Hall–Kier alpha value is -3.01. The molecule has 2 fully saturated rings. The van der Waals surface area contributed by atoms with Crippen LogP contribution in [0.5, 0.6) is 0 Å². The quantitative estimate of drug-likeness (QED) is 0.356. The van der Waals surface area contributed by atoms with E-state index in [1.165, 1.54) is 0 Å². The summed E-state index contributed by atoms with van der Waals surface area (Å²) in [5.74, 6) is 0.382. The number of imidazole rings is 1. The van der Waals surface area contributed by atoms with Crippen molar-refractivity contribution in [2.45, 2.75) is 64.2 Å². The summed E-state index contributed by atoms with van der Waals surface area (Å²) in [5, 5.41) is 0. The topological polar surface area (TPSA) is 87.8 Å². The molecule has 1 aliphatic carbocycles. The lowest BCUT2D eigenvalue weighted by Gasteiger charge is -2.30. The molecule has 0 N–H and O–H groups in total. The number of likely N-dealkylation sites (N-methyl/N-ethyl adjacent to an activating group) is 1. The Morgan fingerprint density at radius 2 is 2.00 bits per heavy atom. The SMILES string of the molecule is COC[C@H](CCc1ccc2c(c1)nc(-c1cc(C)c(=O)n(C)c1)n2CC1CN(C)CCO1)C(=O)OC1CCCC1. The molecule has 9 nitrogen and oxygen atoms in total. The number of aromatic nitrogens is 3. The first-order valence-electron chi connectivity index (χ1n) is 14.5. The van der Waals surface area contributed by atoms with Crippen molar-refractivity contribution in [3.8, 4) is 11.4 Å². The Bertz CT molecular complexity index is 1360. The molecule has 5 rings (SSSR count). The van der Waals surface area contributed by atoms with Crippen LogP contribution in [0.4, 0.5) is 0 Å². The summed E-state index contributed by atoms with van der Waals surface area (Å²) in [4.78, 5) is 32.6. The second-order valence-corrected chi connectivity index (χ2v) is 11.5. The third-order valence-electron chi connectivity index (χ3n) is 8.23. The number of aryl methyl sites for hydroxylation is 3. The molecule has 9 heteroatoms. The van der Waals surface area contributed by atoms with Crippen molar-refractivity contribution in [3.63, 3.8) is 0 Å². The van der Waals surface area contributed by atoms with E-state index in [-0.39, 0.29) is 29.7 Å². The van der Waals surface area contributed by atoms with Gasteiger partial charge in [0.1, 0.15) is 11.9 Å². The number of carbonyl (C=O) groups excluding carboxylic acids is 1. The van der Waals surface area contributed by atoms with Crippen LogP contribution in [0.3, 0.4) is 0 Å². The Balaban J connectivity index is 1.41. The summed E-state index contributed by atoms with van der Waals surface area (Å²) in [6.45, 7) is 5.34. The van der Waals surface area contributed by atoms with Crippen molar-refractivity contribution in [3.05, 3.63) is 51.9 Å².